The van der Waals surface area contributed by atoms with Crippen LogP contribution in [0, 0.1) is 24.0 Å². The molecular weight excluding hydrogens is 346 g/mol. The molecule has 0 atom stereocenters. The molecule has 1 aliphatic heterocycles. The molecule has 2 aromatic carbocycles. The quantitative estimate of drug-likeness (QED) is 0.391. The number of hydrogen-bond acceptors (Lipinski definition) is 4. The van der Waals surface area contributed by atoms with Crippen molar-refractivity contribution in [3.8, 4) is 0 Å². The second kappa shape index (κ2) is 7.25. The second-order valence-electron chi connectivity index (χ2n) is 6.14. The van der Waals surface area contributed by atoms with E-state index in [1.807, 2.05) is 26.0 Å². The predicted octanol–water partition coefficient (Wildman–Crippen LogP) is 3.23. The van der Waals surface area contributed by atoms with Crippen molar-refractivity contribution < 1.29 is 14.5 Å². The summed E-state index contributed by atoms with van der Waals surface area (Å²) in [5.74, 6) is -0.950. The number of nitrogens with zero attached hydrogens (tertiary/aromatic N) is 2. The van der Waals surface area contributed by atoms with E-state index in [-0.39, 0.29) is 11.3 Å². The zero-order valence-electron chi connectivity index (χ0n) is 14.8. The van der Waals surface area contributed by atoms with Crippen LogP contribution >= 0.6 is 0 Å². The van der Waals surface area contributed by atoms with Crippen LogP contribution in [0.5, 0.6) is 0 Å². The maximum Gasteiger partial charge on any atom is 0.282 e. The van der Waals surface area contributed by atoms with Gasteiger partial charge in [-0.3, -0.25) is 25.1 Å². The molecule has 0 bridgehead atoms. The number of rotatable bonds is 4. The lowest BCUT2D eigenvalue weighted by Gasteiger charge is -2.15. The highest BCUT2D eigenvalue weighted by atomic mass is 16.6. The first kappa shape index (κ1) is 18.1. The number of allylic oxidation sites excluding steroid dienone is 2. The van der Waals surface area contributed by atoms with Crippen LogP contribution in [0.25, 0.3) is 6.08 Å². The number of anilines is 1. The molecule has 27 heavy (non-hydrogen) atoms. The highest BCUT2D eigenvalue weighted by Crippen LogP contribution is 2.22. The van der Waals surface area contributed by atoms with E-state index in [2.05, 4.69) is 5.43 Å². The van der Waals surface area contributed by atoms with E-state index in [0.29, 0.717) is 11.3 Å². The Labute approximate surface area is 155 Å². The monoisotopic (exact) mass is 363 g/mol. The van der Waals surface area contributed by atoms with Crippen LogP contribution < -0.4 is 10.4 Å². The molecule has 0 aromatic heterocycles. The van der Waals surface area contributed by atoms with Crippen LogP contribution in [0.15, 0.2) is 60.2 Å². The van der Waals surface area contributed by atoms with E-state index in [1.165, 1.54) is 29.3 Å². The predicted molar refractivity (Wildman–Crippen MR) is 102 cm³/mol. The number of carbonyl (C=O) groups excluding carboxylic acids is 2. The third-order valence-electron chi connectivity index (χ3n) is 4.27. The number of benzene rings is 2. The molecule has 0 radical (unpaired) electrons. The highest BCUT2D eigenvalue weighted by Gasteiger charge is 2.34. The fourth-order valence-corrected chi connectivity index (χ4v) is 2.62. The van der Waals surface area contributed by atoms with Crippen molar-refractivity contribution in [1.82, 2.24) is 5.43 Å². The Morgan fingerprint density at radius 2 is 1.85 bits per heavy atom. The lowest BCUT2D eigenvalue weighted by Crippen LogP contribution is -2.35. The van der Waals surface area contributed by atoms with Crippen molar-refractivity contribution in [2.24, 2.45) is 0 Å². The summed E-state index contributed by atoms with van der Waals surface area (Å²) < 4.78 is 0. The summed E-state index contributed by atoms with van der Waals surface area (Å²) in [5.41, 5.74) is 5.79. The number of amides is 2. The van der Waals surface area contributed by atoms with Gasteiger partial charge >= 0.3 is 0 Å². The van der Waals surface area contributed by atoms with Gasteiger partial charge in [-0.2, -0.15) is 0 Å². The topological polar surface area (TPSA) is 92.6 Å². The molecule has 3 rings (SSSR count). The van der Waals surface area contributed by atoms with Gasteiger partial charge in [-0.1, -0.05) is 30.4 Å². The number of nitro groups is 1. The number of nitrogens with one attached hydrogen (secondary N) is 1. The van der Waals surface area contributed by atoms with Crippen LogP contribution in [-0.2, 0) is 9.59 Å². The standard InChI is InChI=1S/C20H17N3O4/c1-13-9-10-16(11-14(13)2)22-20(25)18(19(24)21-22)8-4-6-15-5-3-7-17(12-15)23(26)27/h3-12H,1-2H3,(H,21,24)/b6-4+,18-8+. The summed E-state index contributed by atoms with van der Waals surface area (Å²) in [4.78, 5) is 35.0. The molecule has 1 heterocycles. The van der Waals surface area contributed by atoms with Gasteiger partial charge in [-0.25, -0.2) is 5.01 Å². The van der Waals surface area contributed by atoms with Crippen molar-refractivity contribution in [3.63, 3.8) is 0 Å². The summed E-state index contributed by atoms with van der Waals surface area (Å²) in [6.07, 6.45) is 4.52. The highest BCUT2D eigenvalue weighted by molar-refractivity contribution is 6.29. The van der Waals surface area contributed by atoms with E-state index in [4.69, 9.17) is 0 Å². The maximum atomic E-state index is 12.5. The molecule has 1 N–H and O–H groups in total. The average molecular weight is 363 g/mol. The van der Waals surface area contributed by atoms with Gasteiger partial charge in [0, 0.05) is 12.1 Å². The van der Waals surface area contributed by atoms with Gasteiger partial charge in [-0.15, -0.1) is 0 Å². The van der Waals surface area contributed by atoms with Crippen LogP contribution in [0.4, 0.5) is 11.4 Å². The molecule has 136 valence electrons. The maximum absolute atomic E-state index is 12.5. The molecule has 0 unspecified atom stereocenters. The summed E-state index contributed by atoms with van der Waals surface area (Å²) in [7, 11) is 0. The zero-order chi connectivity index (χ0) is 19.6. The molecule has 7 heteroatoms. The van der Waals surface area contributed by atoms with Crippen molar-refractivity contribution in [2.75, 3.05) is 5.01 Å². The van der Waals surface area contributed by atoms with Crippen LogP contribution in [0.2, 0.25) is 0 Å². The normalized spacial score (nSPS) is 15.6. The minimum atomic E-state index is -0.498. The smallest absolute Gasteiger partial charge is 0.267 e. The first-order chi connectivity index (χ1) is 12.9. The van der Waals surface area contributed by atoms with Gasteiger partial charge in [0.05, 0.1) is 10.6 Å². The number of hydrazine groups is 1. The zero-order valence-corrected chi connectivity index (χ0v) is 14.8. The van der Waals surface area contributed by atoms with E-state index < -0.39 is 16.7 Å². The fourth-order valence-electron chi connectivity index (χ4n) is 2.62. The average Bonchev–Trinajstić information content (AvgIpc) is 2.92. The van der Waals surface area contributed by atoms with E-state index in [1.54, 1.807) is 24.3 Å². The Kier molecular flexibility index (Phi) is 4.85. The first-order valence-electron chi connectivity index (χ1n) is 8.22. The van der Waals surface area contributed by atoms with Gasteiger partial charge in [-0.05, 0) is 48.7 Å². The van der Waals surface area contributed by atoms with Crippen molar-refractivity contribution >= 4 is 29.3 Å². The van der Waals surface area contributed by atoms with Crippen molar-refractivity contribution in [1.29, 1.82) is 0 Å². The summed E-state index contributed by atoms with van der Waals surface area (Å²) in [6, 6.07) is 11.5. The molecular formula is C20H17N3O4. The van der Waals surface area contributed by atoms with Crippen molar-refractivity contribution in [2.45, 2.75) is 13.8 Å². The number of carbonyl (C=O) groups is 2. The third-order valence-corrected chi connectivity index (χ3v) is 4.27. The Bertz CT molecular complexity index is 1010. The lowest BCUT2D eigenvalue weighted by atomic mass is 10.1. The molecule has 0 aliphatic carbocycles. The second-order valence-corrected chi connectivity index (χ2v) is 6.14. The van der Waals surface area contributed by atoms with Gasteiger partial charge in [0.25, 0.3) is 17.5 Å². The number of nitro benzene ring substituents is 1. The Balaban J connectivity index is 1.81. The van der Waals surface area contributed by atoms with E-state index >= 15 is 0 Å². The minimum absolute atomic E-state index is 0.00471. The van der Waals surface area contributed by atoms with Gasteiger partial charge < -0.3 is 0 Å². The number of aryl methyl sites for hydroxylation is 2. The fraction of sp³-hybridized carbons (Fsp3) is 0.100. The summed E-state index contributed by atoms with van der Waals surface area (Å²) in [5, 5.41) is 12.0. The molecule has 7 nitrogen and oxygen atoms in total. The van der Waals surface area contributed by atoms with Crippen LogP contribution in [0.3, 0.4) is 0 Å². The van der Waals surface area contributed by atoms with E-state index in [0.717, 1.165) is 11.1 Å². The Morgan fingerprint density at radius 3 is 2.56 bits per heavy atom. The van der Waals surface area contributed by atoms with E-state index in [9.17, 15) is 19.7 Å². The largest absolute Gasteiger partial charge is 0.282 e. The van der Waals surface area contributed by atoms with Crippen molar-refractivity contribution in [3.05, 3.63) is 87.0 Å². The third kappa shape index (κ3) is 3.77. The molecule has 2 aromatic rings. The summed E-state index contributed by atoms with van der Waals surface area (Å²) >= 11 is 0. The van der Waals surface area contributed by atoms with Crippen LogP contribution in [0.1, 0.15) is 16.7 Å². The number of non-ortho nitro benzene ring substituents is 1. The van der Waals surface area contributed by atoms with Crippen LogP contribution in [-0.4, -0.2) is 16.7 Å². The SMILES string of the molecule is Cc1ccc(N2NC(=O)/C(=C\C=C\c3cccc([N+](=O)[O-])c3)C2=O)cc1C. The first-order valence-corrected chi connectivity index (χ1v) is 8.22. The molecule has 0 saturated carbocycles. The van der Waals surface area contributed by atoms with Gasteiger partial charge in [0.15, 0.2) is 0 Å². The lowest BCUT2D eigenvalue weighted by molar-refractivity contribution is -0.384. The van der Waals surface area contributed by atoms with Gasteiger partial charge in [0.2, 0.25) is 0 Å². The summed E-state index contributed by atoms with van der Waals surface area (Å²) in [6.45, 7) is 3.90. The molecule has 2 amide bonds. The molecule has 1 saturated heterocycles. The molecule has 1 aliphatic rings. The molecule has 1 fully saturated rings. The Morgan fingerprint density at radius 1 is 1.07 bits per heavy atom. The Hall–Kier alpha value is -3.74. The molecule has 0 spiro atoms. The van der Waals surface area contributed by atoms with Gasteiger partial charge in [0.1, 0.15) is 5.57 Å². The minimum Gasteiger partial charge on any atom is -0.267 e. The number of hydrogen-bond donors (Lipinski definition) is 1.